The Morgan fingerprint density at radius 1 is 0.984 bits per heavy atom. The third-order valence-electron chi connectivity index (χ3n) is 12.1. The number of likely N-dealkylation sites (N-methyl/N-ethyl adjacent to an activating group) is 1. The summed E-state index contributed by atoms with van der Waals surface area (Å²) in [5.41, 5.74) is -10.1. The molecule has 0 radical (unpaired) electrons. The number of phenols is 2. The molecule has 4 aliphatic rings. The van der Waals surface area contributed by atoms with Crippen molar-refractivity contribution in [1.29, 1.82) is 0 Å². The number of nitrogens with zero attached hydrogens (tertiary/aromatic N) is 1. The van der Waals surface area contributed by atoms with Gasteiger partial charge in [-0.05, 0) is 36.6 Å². The van der Waals surface area contributed by atoms with Crippen molar-refractivity contribution in [2.24, 2.45) is 5.92 Å². The van der Waals surface area contributed by atoms with E-state index in [1.54, 1.807) is 37.3 Å². The Balaban J connectivity index is 1.28. The fourth-order valence-electron chi connectivity index (χ4n) is 9.04. The number of carbonyl (C=O) groups excluding carboxylic acids is 6. The number of ether oxygens (including phenoxy) is 4. The van der Waals surface area contributed by atoms with Crippen LogP contribution in [0, 0.1) is 12.8 Å². The van der Waals surface area contributed by atoms with E-state index in [4.69, 9.17) is 18.9 Å². The Kier molecular flexibility index (Phi) is 11.3. The van der Waals surface area contributed by atoms with Gasteiger partial charge in [-0.25, -0.2) is 0 Å². The second-order valence-electron chi connectivity index (χ2n) is 15.6. The van der Waals surface area contributed by atoms with Gasteiger partial charge in [0.15, 0.2) is 17.0 Å². The Bertz CT molecular complexity index is 2410. The number of ketones is 4. The number of aromatic hydroxyl groups is 2. The Morgan fingerprint density at radius 3 is 2.31 bits per heavy atom. The first-order valence-corrected chi connectivity index (χ1v) is 19.2. The van der Waals surface area contributed by atoms with Crippen LogP contribution >= 0.6 is 0 Å². The first kappa shape index (κ1) is 43.2. The molecule has 0 aromatic heterocycles. The topological polar surface area (TPSA) is 276 Å². The van der Waals surface area contributed by atoms with Gasteiger partial charge in [-0.2, -0.15) is 0 Å². The van der Waals surface area contributed by atoms with Crippen LogP contribution in [0.3, 0.4) is 0 Å². The van der Waals surface area contributed by atoms with Gasteiger partial charge in [0, 0.05) is 50.5 Å². The number of aliphatic hydroxyl groups excluding tert-OH is 3. The van der Waals surface area contributed by atoms with Gasteiger partial charge in [0.1, 0.15) is 37.0 Å². The number of amides is 1. The largest absolute Gasteiger partial charge is 0.507 e. The van der Waals surface area contributed by atoms with E-state index in [0.29, 0.717) is 5.56 Å². The standard InChI is InChI=1S/C43H44N2O16/c1-18-11-21-12-27(48)43(59-5)39(55)31-23(13-22-30(35(31)52)26(47)14-25(33(22)50)44-40-24(16-46)34(51)37(58-4)19(2)61-40)38(54)42(43,57)32(21)36(53)29(18)41(56)45(3)15-28(49)60-17-20-9-7-6-8-10-20/h6-11,13-14,19,24,27,34,37,40,44,46,48,51-53,57H,12,15-17H2,1-5H3/t19-,24+,27+,34-,37-,40?,42-,43+/m0/s1. The van der Waals surface area contributed by atoms with Crippen molar-refractivity contribution in [2.75, 3.05) is 34.4 Å². The molecule has 322 valence electrons. The number of aliphatic hydroxyl groups is 4. The predicted molar refractivity (Wildman–Crippen MR) is 208 cm³/mol. The van der Waals surface area contributed by atoms with Gasteiger partial charge in [-0.15, -0.1) is 0 Å². The number of carbonyl (C=O) groups is 6. The molecule has 0 spiro atoms. The van der Waals surface area contributed by atoms with Crippen LogP contribution in [0.5, 0.6) is 11.5 Å². The minimum atomic E-state index is -3.34. The van der Waals surface area contributed by atoms with Crippen LogP contribution in [0.25, 0.3) is 0 Å². The van der Waals surface area contributed by atoms with Crippen LogP contribution < -0.4 is 5.32 Å². The molecule has 1 aliphatic heterocycles. The summed E-state index contributed by atoms with van der Waals surface area (Å²) < 4.78 is 22.0. The summed E-state index contributed by atoms with van der Waals surface area (Å²) in [5, 5.41) is 71.7. The molecule has 8 atom stereocenters. The van der Waals surface area contributed by atoms with Crippen LogP contribution in [-0.4, -0.2) is 141 Å². The van der Waals surface area contributed by atoms with Crippen LogP contribution in [0.1, 0.15) is 81.0 Å². The number of Topliss-reactive ketones (excluding diaryl/α,β-unsaturated/α-hetero) is 3. The van der Waals surface area contributed by atoms with Gasteiger partial charge < -0.3 is 59.8 Å². The van der Waals surface area contributed by atoms with Crippen LogP contribution in [0.2, 0.25) is 0 Å². The maximum Gasteiger partial charge on any atom is 0.325 e. The minimum absolute atomic E-state index is 0.0651. The maximum absolute atomic E-state index is 14.9. The van der Waals surface area contributed by atoms with Crippen molar-refractivity contribution < 1.29 is 78.4 Å². The Hall–Kier alpha value is -5.86. The molecule has 1 amide bonds. The van der Waals surface area contributed by atoms with E-state index in [-0.39, 0.29) is 17.7 Å². The molecular formula is C43H44N2O16. The average molecular weight is 845 g/mol. The first-order chi connectivity index (χ1) is 28.9. The van der Waals surface area contributed by atoms with Gasteiger partial charge in [-0.3, -0.25) is 28.8 Å². The molecule has 61 heavy (non-hydrogen) atoms. The number of benzene rings is 3. The quantitative estimate of drug-likeness (QED) is 0.136. The van der Waals surface area contributed by atoms with E-state index in [2.05, 4.69) is 5.32 Å². The van der Waals surface area contributed by atoms with Gasteiger partial charge >= 0.3 is 5.97 Å². The summed E-state index contributed by atoms with van der Waals surface area (Å²) in [5.74, 6) is -9.77. The number of esters is 1. The molecule has 0 bridgehead atoms. The summed E-state index contributed by atoms with van der Waals surface area (Å²) in [7, 11) is 3.48. The van der Waals surface area contributed by atoms with Crippen molar-refractivity contribution in [3.05, 3.63) is 104 Å². The fourth-order valence-corrected chi connectivity index (χ4v) is 9.04. The molecule has 1 heterocycles. The number of hydrogen-bond acceptors (Lipinski definition) is 17. The Morgan fingerprint density at radius 2 is 1.67 bits per heavy atom. The lowest BCUT2D eigenvalue weighted by molar-refractivity contribution is -0.214. The molecular weight excluding hydrogens is 800 g/mol. The number of rotatable bonds is 10. The molecule has 1 fully saturated rings. The molecule has 0 saturated carbocycles. The molecule has 3 aromatic carbocycles. The van der Waals surface area contributed by atoms with Gasteiger partial charge in [-0.1, -0.05) is 36.4 Å². The highest BCUT2D eigenvalue weighted by molar-refractivity contribution is 6.31. The van der Waals surface area contributed by atoms with Gasteiger partial charge in [0.05, 0.1) is 53.2 Å². The fraction of sp³-hybridized carbons (Fsp3) is 0.395. The maximum atomic E-state index is 14.9. The number of aryl methyl sites for hydroxylation is 1. The highest BCUT2D eigenvalue weighted by Crippen LogP contribution is 2.56. The molecule has 1 unspecified atom stereocenters. The smallest absolute Gasteiger partial charge is 0.325 e. The molecule has 3 aromatic rings. The highest BCUT2D eigenvalue weighted by Gasteiger charge is 2.72. The monoisotopic (exact) mass is 844 g/mol. The number of nitrogens with one attached hydrogen (secondary N) is 1. The van der Waals surface area contributed by atoms with E-state index >= 15 is 0 Å². The number of allylic oxidation sites excluding steroid dienone is 2. The third-order valence-corrected chi connectivity index (χ3v) is 12.1. The molecule has 1 saturated heterocycles. The SMILES string of the molecule is CO[C@@H]1[C@@H](O)[C@@H](CO)C(NC2=CC(=O)c3c(cc4c(c3O)C(=O)[C@]3(OC)[C@H](O)Cc5cc(C)c(C(=O)N(C)CC(=O)OCc6ccccc6)c(O)c5[C@]3(O)C4=O)C2=O)O[C@H]1C. The molecule has 7 N–H and O–H groups in total. The van der Waals surface area contributed by atoms with Crippen molar-refractivity contribution >= 4 is 35.0 Å². The summed E-state index contributed by atoms with van der Waals surface area (Å²) in [6.07, 6.45) is -5.87. The van der Waals surface area contributed by atoms with Gasteiger partial charge in [0.2, 0.25) is 17.3 Å². The van der Waals surface area contributed by atoms with Gasteiger partial charge in [0.25, 0.3) is 5.91 Å². The van der Waals surface area contributed by atoms with E-state index in [1.807, 2.05) is 0 Å². The van der Waals surface area contributed by atoms with Crippen molar-refractivity contribution in [2.45, 2.75) is 68.7 Å². The normalized spacial score (nSPS) is 27.9. The number of methoxy groups -OCH3 is 2. The Labute approximate surface area is 347 Å². The van der Waals surface area contributed by atoms with E-state index in [1.165, 1.54) is 27.1 Å². The van der Waals surface area contributed by atoms with Crippen LogP contribution in [0.4, 0.5) is 0 Å². The lowest BCUT2D eigenvalue weighted by Gasteiger charge is -2.53. The highest BCUT2D eigenvalue weighted by atomic mass is 16.6. The molecule has 18 nitrogen and oxygen atoms in total. The molecule has 18 heteroatoms. The second-order valence-corrected chi connectivity index (χ2v) is 15.6. The second kappa shape index (κ2) is 15.9. The zero-order valence-electron chi connectivity index (χ0n) is 33.6. The predicted octanol–water partition coefficient (Wildman–Crippen LogP) is 0.372. The van der Waals surface area contributed by atoms with Crippen molar-refractivity contribution in [1.82, 2.24) is 10.2 Å². The number of fused-ring (bicyclic) bond motifs is 5. The number of phenolic OH excluding ortho intramolecular Hbond substituents is 2. The average Bonchev–Trinajstić information content (AvgIpc) is 3.21. The number of hydrogen-bond donors (Lipinski definition) is 7. The summed E-state index contributed by atoms with van der Waals surface area (Å²) in [4.78, 5) is 85.0. The third kappa shape index (κ3) is 6.44. The summed E-state index contributed by atoms with van der Waals surface area (Å²) >= 11 is 0. The minimum Gasteiger partial charge on any atom is -0.507 e. The summed E-state index contributed by atoms with van der Waals surface area (Å²) in [6.45, 7) is 1.71. The first-order valence-electron chi connectivity index (χ1n) is 19.2. The lowest BCUT2D eigenvalue weighted by Crippen LogP contribution is -2.73. The summed E-state index contributed by atoms with van der Waals surface area (Å²) in [6, 6.07) is 10.9. The van der Waals surface area contributed by atoms with Crippen LogP contribution in [-0.2, 0) is 42.4 Å². The molecule has 3 aliphatic carbocycles. The van der Waals surface area contributed by atoms with Crippen molar-refractivity contribution in [3.8, 4) is 11.5 Å². The van der Waals surface area contributed by atoms with E-state index < -0.39 is 153 Å². The van der Waals surface area contributed by atoms with E-state index in [9.17, 15) is 59.4 Å². The van der Waals surface area contributed by atoms with Crippen LogP contribution in [0.15, 0.2) is 54.2 Å². The van der Waals surface area contributed by atoms with E-state index in [0.717, 1.165) is 24.2 Å². The zero-order chi connectivity index (χ0) is 44.5. The van der Waals surface area contributed by atoms with Crippen molar-refractivity contribution in [3.63, 3.8) is 0 Å². The molecule has 7 rings (SSSR count). The zero-order valence-corrected chi connectivity index (χ0v) is 33.6. The lowest BCUT2D eigenvalue weighted by atomic mass is 9.56.